The molecule has 1 aromatic rings. The van der Waals surface area contributed by atoms with E-state index in [0.29, 0.717) is 14.1 Å². The SMILES string of the molecule is C=C(C)C(=O)OCCc1c(C(I)I)ccc(C)c1C. The first-order chi connectivity index (χ1) is 8.84. The fraction of sp³-hybridized carbons (Fsp3) is 0.400. The zero-order valence-electron chi connectivity index (χ0n) is 11.4. The van der Waals surface area contributed by atoms with Crippen LogP contribution in [0.3, 0.4) is 0 Å². The number of hydrogen-bond acceptors (Lipinski definition) is 2. The fourth-order valence-electron chi connectivity index (χ4n) is 1.80. The third kappa shape index (κ3) is 4.73. The Balaban J connectivity index is 2.85. The number of aryl methyl sites for hydroxylation is 1. The number of carbonyl (C=O) groups is 1. The van der Waals surface area contributed by atoms with Crippen LogP contribution in [-0.2, 0) is 16.0 Å². The van der Waals surface area contributed by atoms with Gasteiger partial charge in [-0.15, -0.1) is 0 Å². The van der Waals surface area contributed by atoms with Crippen LogP contribution in [0.25, 0.3) is 0 Å². The molecule has 0 heterocycles. The van der Waals surface area contributed by atoms with Crippen molar-refractivity contribution in [1.29, 1.82) is 0 Å². The van der Waals surface area contributed by atoms with Gasteiger partial charge in [0, 0.05) is 12.0 Å². The quantitative estimate of drug-likeness (QED) is 0.259. The third-order valence-corrected chi connectivity index (χ3v) is 4.42. The normalized spacial score (nSPS) is 10.6. The van der Waals surface area contributed by atoms with Crippen LogP contribution < -0.4 is 0 Å². The van der Waals surface area contributed by atoms with E-state index in [1.807, 2.05) is 0 Å². The summed E-state index contributed by atoms with van der Waals surface area (Å²) >= 11 is 4.81. The largest absolute Gasteiger partial charge is 0.462 e. The molecule has 0 saturated heterocycles. The topological polar surface area (TPSA) is 26.3 Å². The van der Waals surface area contributed by atoms with Gasteiger partial charge in [-0.25, -0.2) is 4.79 Å². The van der Waals surface area contributed by atoms with Gasteiger partial charge in [0.2, 0.25) is 0 Å². The van der Waals surface area contributed by atoms with E-state index in [1.54, 1.807) is 6.92 Å². The molecule has 0 amide bonds. The first-order valence-corrected chi connectivity index (χ1v) is 8.53. The molecule has 104 valence electrons. The highest BCUT2D eigenvalue weighted by Gasteiger charge is 2.13. The monoisotopic (exact) mass is 484 g/mol. The minimum atomic E-state index is -0.313. The molecule has 0 bridgehead atoms. The van der Waals surface area contributed by atoms with E-state index in [1.165, 1.54) is 22.3 Å². The number of benzene rings is 1. The van der Waals surface area contributed by atoms with Crippen molar-refractivity contribution in [2.45, 2.75) is 29.1 Å². The van der Waals surface area contributed by atoms with Crippen LogP contribution >= 0.6 is 45.2 Å². The second kappa shape index (κ2) is 7.61. The second-order valence-electron chi connectivity index (χ2n) is 4.54. The highest BCUT2D eigenvalue weighted by Crippen LogP contribution is 2.35. The Morgan fingerprint density at radius 3 is 2.53 bits per heavy atom. The second-order valence-corrected chi connectivity index (χ2v) is 9.42. The number of halogens is 2. The van der Waals surface area contributed by atoms with Crippen LogP contribution in [0, 0.1) is 13.8 Å². The number of ether oxygens (including phenoxy) is 1. The van der Waals surface area contributed by atoms with Gasteiger partial charge in [-0.05, 0) is 43.0 Å². The molecule has 4 heteroatoms. The minimum absolute atomic E-state index is 0.313. The van der Waals surface area contributed by atoms with Crippen molar-refractivity contribution >= 4 is 51.2 Å². The van der Waals surface area contributed by atoms with Crippen LogP contribution in [0.15, 0.2) is 24.3 Å². The summed E-state index contributed by atoms with van der Waals surface area (Å²) < 4.78 is 5.61. The van der Waals surface area contributed by atoms with Crippen molar-refractivity contribution in [3.8, 4) is 0 Å². The van der Waals surface area contributed by atoms with E-state index < -0.39 is 0 Å². The molecule has 0 spiro atoms. The fourth-order valence-corrected chi connectivity index (χ4v) is 2.97. The molecule has 0 saturated carbocycles. The third-order valence-electron chi connectivity index (χ3n) is 3.07. The Hall–Kier alpha value is -0.110. The van der Waals surface area contributed by atoms with Crippen molar-refractivity contribution in [2.24, 2.45) is 0 Å². The molecule has 0 aliphatic rings. The molecule has 0 N–H and O–H groups in total. The van der Waals surface area contributed by atoms with E-state index in [-0.39, 0.29) is 5.97 Å². The molecule has 0 radical (unpaired) electrons. The highest BCUT2D eigenvalue weighted by atomic mass is 127. The summed E-state index contributed by atoms with van der Waals surface area (Å²) in [7, 11) is 0. The van der Waals surface area contributed by atoms with E-state index in [4.69, 9.17) is 4.74 Å². The molecular formula is C15H18I2O2. The Labute approximate surface area is 142 Å². The lowest BCUT2D eigenvalue weighted by Crippen LogP contribution is -2.10. The van der Waals surface area contributed by atoms with Crippen LogP contribution in [0.2, 0.25) is 0 Å². The van der Waals surface area contributed by atoms with Gasteiger partial charge in [-0.1, -0.05) is 63.9 Å². The van der Waals surface area contributed by atoms with E-state index >= 15 is 0 Å². The maximum atomic E-state index is 11.4. The molecule has 0 fully saturated rings. The Kier molecular flexibility index (Phi) is 6.79. The molecule has 0 aliphatic heterocycles. The molecule has 1 rings (SSSR count). The molecule has 1 aromatic carbocycles. The maximum absolute atomic E-state index is 11.4. The summed E-state index contributed by atoms with van der Waals surface area (Å²) in [5.74, 6) is -0.313. The summed E-state index contributed by atoms with van der Waals surface area (Å²) in [4.78, 5) is 11.4. The van der Waals surface area contributed by atoms with E-state index in [0.717, 1.165) is 6.42 Å². The first kappa shape index (κ1) is 16.9. The van der Waals surface area contributed by atoms with Gasteiger partial charge >= 0.3 is 5.97 Å². The molecule has 0 unspecified atom stereocenters. The molecule has 2 nitrogen and oxygen atoms in total. The van der Waals surface area contributed by atoms with Gasteiger partial charge in [-0.2, -0.15) is 0 Å². The zero-order valence-corrected chi connectivity index (χ0v) is 15.7. The Morgan fingerprint density at radius 1 is 1.37 bits per heavy atom. The van der Waals surface area contributed by atoms with Crippen LogP contribution in [0.4, 0.5) is 0 Å². The molecule has 19 heavy (non-hydrogen) atoms. The summed E-state index contributed by atoms with van der Waals surface area (Å²) in [5.41, 5.74) is 5.63. The Morgan fingerprint density at radius 2 is 2.00 bits per heavy atom. The van der Waals surface area contributed by atoms with Crippen molar-refractivity contribution in [2.75, 3.05) is 6.61 Å². The van der Waals surface area contributed by atoms with Gasteiger partial charge in [0.05, 0.1) is 8.54 Å². The number of esters is 1. The van der Waals surface area contributed by atoms with Crippen molar-refractivity contribution in [3.63, 3.8) is 0 Å². The lowest BCUT2D eigenvalue weighted by Gasteiger charge is -2.16. The van der Waals surface area contributed by atoms with Crippen molar-refractivity contribution < 1.29 is 9.53 Å². The van der Waals surface area contributed by atoms with Crippen molar-refractivity contribution in [1.82, 2.24) is 0 Å². The average molecular weight is 484 g/mol. The zero-order chi connectivity index (χ0) is 14.6. The highest BCUT2D eigenvalue weighted by molar-refractivity contribution is 14.2. The van der Waals surface area contributed by atoms with Crippen LogP contribution in [0.1, 0.15) is 31.1 Å². The van der Waals surface area contributed by atoms with E-state index in [2.05, 4.69) is 77.7 Å². The lowest BCUT2D eigenvalue weighted by atomic mass is 9.96. The summed E-state index contributed by atoms with van der Waals surface area (Å²) in [6, 6.07) is 4.32. The van der Waals surface area contributed by atoms with Gasteiger partial charge in [0.25, 0.3) is 0 Å². The standard InChI is InChI=1S/C15H18I2O2/c1-9(2)15(18)19-8-7-12-11(4)10(3)5-6-13(12)14(16)17/h5-6,14H,1,7-8H2,2-4H3. The summed E-state index contributed by atoms with van der Waals surface area (Å²) in [6.45, 7) is 9.89. The average Bonchev–Trinajstić information content (AvgIpc) is 2.33. The number of carbonyl (C=O) groups excluding carboxylic acids is 1. The van der Waals surface area contributed by atoms with Crippen LogP contribution in [-0.4, -0.2) is 12.6 Å². The van der Waals surface area contributed by atoms with Gasteiger partial charge in [0.15, 0.2) is 0 Å². The Bertz CT molecular complexity index is 493. The molecular weight excluding hydrogens is 466 g/mol. The molecule has 0 atom stereocenters. The van der Waals surface area contributed by atoms with Crippen molar-refractivity contribution in [3.05, 3.63) is 46.5 Å². The summed E-state index contributed by atoms with van der Waals surface area (Å²) in [6.07, 6.45) is 0.754. The van der Waals surface area contributed by atoms with Crippen LogP contribution in [0.5, 0.6) is 0 Å². The lowest BCUT2D eigenvalue weighted by molar-refractivity contribution is -0.138. The molecule has 0 aromatic heterocycles. The number of hydrogen-bond donors (Lipinski definition) is 0. The molecule has 0 aliphatic carbocycles. The summed E-state index contributed by atoms with van der Waals surface area (Å²) in [5, 5.41) is 0. The number of alkyl halides is 2. The van der Waals surface area contributed by atoms with Gasteiger partial charge in [-0.3, -0.25) is 0 Å². The minimum Gasteiger partial charge on any atom is -0.462 e. The number of rotatable bonds is 5. The predicted molar refractivity (Wildman–Crippen MR) is 96.2 cm³/mol. The van der Waals surface area contributed by atoms with Gasteiger partial charge in [0.1, 0.15) is 0 Å². The first-order valence-electron chi connectivity index (χ1n) is 6.04. The predicted octanol–water partition coefficient (Wildman–Crippen LogP) is 4.83. The maximum Gasteiger partial charge on any atom is 0.333 e. The van der Waals surface area contributed by atoms with Gasteiger partial charge < -0.3 is 4.74 Å². The van der Waals surface area contributed by atoms with E-state index in [9.17, 15) is 4.79 Å². The smallest absolute Gasteiger partial charge is 0.333 e.